The summed E-state index contributed by atoms with van der Waals surface area (Å²) in [6.07, 6.45) is 1.81. The van der Waals surface area contributed by atoms with Crippen molar-refractivity contribution >= 4 is 21.9 Å². The third-order valence-corrected chi connectivity index (χ3v) is 1.35. The topological polar surface area (TPSA) is 28.7 Å². The molecule has 0 saturated carbocycles. The van der Waals surface area contributed by atoms with Crippen molar-refractivity contribution in [3.63, 3.8) is 0 Å². The molecule has 0 spiro atoms. The Kier molecular flexibility index (Phi) is 1.87. The van der Waals surface area contributed by atoms with Crippen LogP contribution in [0.4, 0.5) is 0 Å². The number of nitrogens with one attached hydrogen (secondary N) is 1. The standard InChI is InChI=1S/C7H6N2.H4Si/c1-2-4-7-6(3-1)5-8-9-7;/h1-5H,(H,8,9);1H4. The Labute approximate surface area is 63.3 Å². The van der Waals surface area contributed by atoms with E-state index >= 15 is 0 Å². The van der Waals surface area contributed by atoms with Crippen LogP contribution in [0, 0.1) is 0 Å². The number of rotatable bonds is 0. The Morgan fingerprint density at radius 1 is 1.20 bits per heavy atom. The molecule has 0 aliphatic rings. The van der Waals surface area contributed by atoms with Gasteiger partial charge < -0.3 is 0 Å². The molecular weight excluding hydrogens is 140 g/mol. The maximum Gasteiger partial charge on any atom is 0.0650 e. The van der Waals surface area contributed by atoms with Gasteiger partial charge in [-0.1, -0.05) is 18.2 Å². The highest BCUT2D eigenvalue weighted by Crippen LogP contribution is 2.06. The zero-order valence-corrected chi connectivity index (χ0v) is 4.83. The van der Waals surface area contributed by atoms with E-state index in [1.165, 1.54) is 0 Å². The number of H-pyrrole nitrogens is 1. The van der Waals surface area contributed by atoms with Crippen molar-refractivity contribution < 1.29 is 0 Å². The second kappa shape index (κ2) is 2.66. The molecule has 1 aromatic heterocycles. The van der Waals surface area contributed by atoms with Crippen LogP contribution in [0.5, 0.6) is 0 Å². The highest BCUT2D eigenvalue weighted by Gasteiger charge is 1.88. The van der Waals surface area contributed by atoms with Gasteiger partial charge in [0.05, 0.1) is 11.7 Å². The number of benzene rings is 1. The Hall–Kier alpha value is -1.09. The lowest BCUT2D eigenvalue weighted by molar-refractivity contribution is 1.12. The molecule has 0 radical (unpaired) electrons. The van der Waals surface area contributed by atoms with Crippen LogP contribution in [0.15, 0.2) is 30.5 Å². The average molecular weight is 150 g/mol. The molecule has 0 atom stereocenters. The fraction of sp³-hybridized carbons (Fsp3) is 0. The van der Waals surface area contributed by atoms with Crippen molar-refractivity contribution in [1.29, 1.82) is 0 Å². The van der Waals surface area contributed by atoms with E-state index in [2.05, 4.69) is 10.2 Å². The molecule has 2 nitrogen and oxygen atoms in total. The summed E-state index contributed by atoms with van der Waals surface area (Å²) in [6, 6.07) is 8.01. The van der Waals surface area contributed by atoms with Gasteiger partial charge in [0.2, 0.25) is 0 Å². The van der Waals surface area contributed by atoms with Crippen molar-refractivity contribution in [3.8, 4) is 0 Å². The van der Waals surface area contributed by atoms with E-state index < -0.39 is 0 Å². The minimum atomic E-state index is 0. The van der Waals surface area contributed by atoms with Crippen LogP contribution in [-0.4, -0.2) is 21.2 Å². The quantitative estimate of drug-likeness (QED) is 0.531. The van der Waals surface area contributed by atoms with Gasteiger partial charge in [0.1, 0.15) is 0 Å². The monoisotopic (exact) mass is 150 g/mol. The van der Waals surface area contributed by atoms with E-state index in [1.54, 1.807) is 0 Å². The van der Waals surface area contributed by atoms with Gasteiger partial charge in [-0.25, -0.2) is 0 Å². The van der Waals surface area contributed by atoms with Gasteiger partial charge in [-0.05, 0) is 17.0 Å². The van der Waals surface area contributed by atoms with Gasteiger partial charge in [-0.2, -0.15) is 5.10 Å². The molecule has 0 aliphatic carbocycles. The van der Waals surface area contributed by atoms with Gasteiger partial charge >= 0.3 is 0 Å². The first kappa shape index (κ1) is 7.02. The van der Waals surface area contributed by atoms with E-state index in [4.69, 9.17) is 0 Å². The summed E-state index contributed by atoms with van der Waals surface area (Å²) in [5.74, 6) is 0. The number of hydrogen-bond acceptors (Lipinski definition) is 1. The summed E-state index contributed by atoms with van der Waals surface area (Å²) >= 11 is 0. The molecular formula is C7H10N2Si. The second-order valence-corrected chi connectivity index (χ2v) is 1.96. The first-order valence-corrected chi connectivity index (χ1v) is 2.85. The van der Waals surface area contributed by atoms with Gasteiger partial charge in [0.15, 0.2) is 0 Å². The van der Waals surface area contributed by atoms with Crippen molar-refractivity contribution in [2.24, 2.45) is 0 Å². The zero-order valence-electron chi connectivity index (χ0n) is 4.83. The molecule has 1 N–H and O–H groups in total. The first-order chi connectivity index (χ1) is 4.47. The summed E-state index contributed by atoms with van der Waals surface area (Å²) < 4.78 is 0. The van der Waals surface area contributed by atoms with Crippen LogP contribution in [0.25, 0.3) is 10.9 Å². The Morgan fingerprint density at radius 3 is 2.80 bits per heavy atom. The maximum absolute atomic E-state index is 3.88. The van der Waals surface area contributed by atoms with Crippen LogP contribution in [-0.2, 0) is 0 Å². The molecule has 0 bridgehead atoms. The molecule has 1 aromatic carbocycles. The molecule has 1 heterocycles. The molecule has 0 fully saturated rings. The summed E-state index contributed by atoms with van der Waals surface area (Å²) in [6.45, 7) is 0. The van der Waals surface area contributed by atoms with E-state index in [-0.39, 0.29) is 11.0 Å². The van der Waals surface area contributed by atoms with E-state index in [1.807, 2.05) is 30.5 Å². The van der Waals surface area contributed by atoms with Gasteiger partial charge in [0, 0.05) is 5.39 Å². The average Bonchev–Trinajstić information content (AvgIpc) is 2.33. The molecule has 3 heteroatoms. The predicted octanol–water partition coefficient (Wildman–Crippen LogP) is 0.111. The number of nitrogens with zero attached hydrogens (tertiary/aromatic N) is 1. The fourth-order valence-electron chi connectivity index (χ4n) is 0.883. The molecule has 0 amide bonds. The molecule has 2 aromatic rings. The van der Waals surface area contributed by atoms with E-state index in [0.29, 0.717) is 0 Å². The van der Waals surface area contributed by atoms with E-state index in [0.717, 1.165) is 10.9 Å². The summed E-state index contributed by atoms with van der Waals surface area (Å²) in [7, 11) is 0. The number of hydrogen-bond donors (Lipinski definition) is 1. The maximum atomic E-state index is 3.88. The van der Waals surface area contributed by atoms with Crippen molar-refractivity contribution in [2.45, 2.75) is 0 Å². The van der Waals surface area contributed by atoms with Crippen molar-refractivity contribution in [3.05, 3.63) is 30.5 Å². The summed E-state index contributed by atoms with van der Waals surface area (Å²) in [5, 5.41) is 7.91. The predicted molar refractivity (Wildman–Crippen MR) is 47.4 cm³/mol. The fourth-order valence-corrected chi connectivity index (χ4v) is 0.883. The largest absolute Gasteiger partial charge is 0.278 e. The van der Waals surface area contributed by atoms with Gasteiger partial charge in [-0.3, -0.25) is 5.10 Å². The molecule has 0 saturated heterocycles. The van der Waals surface area contributed by atoms with Crippen LogP contribution in [0.1, 0.15) is 0 Å². The van der Waals surface area contributed by atoms with Crippen LogP contribution < -0.4 is 0 Å². The minimum Gasteiger partial charge on any atom is -0.278 e. The third kappa shape index (κ3) is 0.952. The molecule has 52 valence electrons. The number of aromatic nitrogens is 2. The molecule has 0 unspecified atom stereocenters. The Balaban J connectivity index is 0.000000500. The lowest BCUT2D eigenvalue weighted by Crippen LogP contribution is -1.63. The zero-order chi connectivity index (χ0) is 6.10. The minimum absolute atomic E-state index is 0. The number of aromatic amines is 1. The Morgan fingerprint density at radius 2 is 2.00 bits per heavy atom. The molecule has 2 rings (SSSR count). The van der Waals surface area contributed by atoms with Crippen LogP contribution >= 0.6 is 0 Å². The van der Waals surface area contributed by atoms with Crippen LogP contribution in [0.2, 0.25) is 0 Å². The van der Waals surface area contributed by atoms with Crippen molar-refractivity contribution in [2.75, 3.05) is 0 Å². The third-order valence-electron chi connectivity index (χ3n) is 1.35. The summed E-state index contributed by atoms with van der Waals surface area (Å²) in [5.41, 5.74) is 1.09. The highest BCUT2D eigenvalue weighted by molar-refractivity contribution is 5.77. The van der Waals surface area contributed by atoms with E-state index in [9.17, 15) is 0 Å². The SMILES string of the molecule is [SiH4].c1ccc2[nH]ncc2c1. The number of fused-ring (bicyclic) bond motifs is 1. The molecule has 10 heavy (non-hydrogen) atoms. The smallest absolute Gasteiger partial charge is 0.0650 e. The van der Waals surface area contributed by atoms with Crippen molar-refractivity contribution in [1.82, 2.24) is 10.2 Å². The molecule has 0 aliphatic heterocycles. The van der Waals surface area contributed by atoms with Gasteiger partial charge in [0.25, 0.3) is 0 Å². The van der Waals surface area contributed by atoms with Crippen LogP contribution in [0.3, 0.4) is 0 Å². The Bertz CT molecular complexity index is 286. The lowest BCUT2D eigenvalue weighted by Gasteiger charge is -1.81. The van der Waals surface area contributed by atoms with Gasteiger partial charge in [-0.15, -0.1) is 0 Å². The lowest BCUT2D eigenvalue weighted by atomic mass is 10.3. The summed E-state index contributed by atoms with van der Waals surface area (Å²) in [4.78, 5) is 0. The normalized spacial score (nSPS) is 9.20. The number of para-hydroxylation sites is 1. The highest BCUT2D eigenvalue weighted by atomic mass is 28.1. The second-order valence-electron chi connectivity index (χ2n) is 1.96. The first-order valence-electron chi connectivity index (χ1n) is 2.85.